The van der Waals surface area contributed by atoms with Crippen LogP contribution >= 0.6 is 22.7 Å². The number of aromatic nitrogens is 1. The molecule has 2 aromatic carbocycles. The lowest BCUT2D eigenvalue weighted by Crippen LogP contribution is -2.39. The zero-order chi connectivity index (χ0) is 26.6. The minimum atomic E-state index is -0.605. The lowest BCUT2D eigenvalue weighted by Gasteiger charge is -2.23. The van der Waals surface area contributed by atoms with Gasteiger partial charge in [0.2, 0.25) is 0 Å². The number of para-hydroxylation sites is 1. The summed E-state index contributed by atoms with van der Waals surface area (Å²) in [7, 11) is 1.59. The molecular weight excluding hydrogens is 520 g/mol. The summed E-state index contributed by atoms with van der Waals surface area (Å²) in [6, 6.07) is 18.6. The third-order valence-electron chi connectivity index (χ3n) is 6.07. The molecule has 38 heavy (non-hydrogen) atoms. The van der Waals surface area contributed by atoms with Gasteiger partial charge in [-0.3, -0.25) is 9.36 Å². The van der Waals surface area contributed by atoms with Crippen molar-refractivity contribution in [3.63, 3.8) is 0 Å². The molecule has 0 aliphatic carbocycles. The molecule has 1 aliphatic rings. The van der Waals surface area contributed by atoms with E-state index in [1.54, 1.807) is 31.6 Å². The average Bonchev–Trinajstić information content (AvgIpc) is 3.56. The van der Waals surface area contributed by atoms with Crippen molar-refractivity contribution in [3.8, 4) is 11.5 Å². The molecule has 7 nitrogen and oxygen atoms in total. The number of esters is 1. The van der Waals surface area contributed by atoms with Gasteiger partial charge in [0.1, 0.15) is 12.6 Å². The summed E-state index contributed by atoms with van der Waals surface area (Å²) in [4.78, 5) is 32.8. The van der Waals surface area contributed by atoms with Gasteiger partial charge in [-0.1, -0.05) is 59.9 Å². The van der Waals surface area contributed by atoms with E-state index in [1.807, 2.05) is 66.0 Å². The summed E-state index contributed by atoms with van der Waals surface area (Å²) in [5.41, 5.74) is 2.41. The smallest absolute Gasteiger partial charge is 0.338 e. The topological polar surface area (TPSA) is 79.1 Å². The Bertz CT molecular complexity index is 1670. The highest BCUT2D eigenvalue weighted by molar-refractivity contribution is 7.10. The number of nitrogens with zero attached hydrogens (tertiary/aromatic N) is 2. The number of benzene rings is 2. The van der Waals surface area contributed by atoms with Crippen LogP contribution in [0.3, 0.4) is 0 Å². The number of methoxy groups -OCH3 is 1. The lowest BCUT2D eigenvalue weighted by atomic mass is 10.0. The predicted molar refractivity (Wildman–Crippen MR) is 148 cm³/mol. The van der Waals surface area contributed by atoms with Gasteiger partial charge in [0.05, 0.1) is 29.5 Å². The van der Waals surface area contributed by atoms with Crippen molar-refractivity contribution >= 4 is 34.7 Å². The second-order valence-corrected chi connectivity index (χ2v) is 10.5. The first-order valence-corrected chi connectivity index (χ1v) is 13.8. The van der Waals surface area contributed by atoms with Crippen LogP contribution in [0.15, 0.2) is 87.1 Å². The number of hydrogen-bond donors (Lipinski definition) is 0. The van der Waals surface area contributed by atoms with E-state index in [1.165, 1.54) is 22.7 Å². The third kappa shape index (κ3) is 4.94. The van der Waals surface area contributed by atoms with Crippen LogP contribution in [0.25, 0.3) is 6.08 Å². The van der Waals surface area contributed by atoms with Gasteiger partial charge < -0.3 is 14.2 Å². The molecule has 0 fully saturated rings. The molecule has 5 rings (SSSR count). The molecule has 3 heterocycles. The highest BCUT2D eigenvalue weighted by Crippen LogP contribution is 2.34. The Morgan fingerprint density at radius 3 is 2.63 bits per heavy atom. The zero-order valence-corrected chi connectivity index (χ0v) is 22.8. The molecule has 1 aliphatic heterocycles. The van der Waals surface area contributed by atoms with Gasteiger partial charge in [-0.2, -0.15) is 0 Å². The van der Waals surface area contributed by atoms with E-state index >= 15 is 0 Å². The van der Waals surface area contributed by atoms with Crippen molar-refractivity contribution < 1.29 is 19.0 Å². The van der Waals surface area contributed by atoms with Crippen LogP contribution in [-0.2, 0) is 16.1 Å². The Morgan fingerprint density at radius 2 is 1.92 bits per heavy atom. The molecule has 0 unspecified atom stereocenters. The molecule has 4 aromatic rings. The fraction of sp³-hybridized carbons (Fsp3) is 0.207. The van der Waals surface area contributed by atoms with Crippen LogP contribution in [0.2, 0.25) is 0 Å². The molecule has 0 saturated heterocycles. The van der Waals surface area contributed by atoms with E-state index < -0.39 is 12.0 Å². The van der Waals surface area contributed by atoms with Crippen LogP contribution in [0.5, 0.6) is 11.5 Å². The maximum atomic E-state index is 13.8. The first kappa shape index (κ1) is 25.7. The second-order valence-electron chi connectivity index (χ2n) is 8.47. The molecule has 0 bridgehead atoms. The Labute approximate surface area is 227 Å². The van der Waals surface area contributed by atoms with E-state index in [0.29, 0.717) is 44.3 Å². The van der Waals surface area contributed by atoms with Gasteiger partial charge in [-0.25, -0.2) is 9.79 Å². The molecule has 0 amide bonds. The number of rotatable bonds is 8. The molecule has 0 radical (unpaired) electrons. The summed E-state index contributed by atoms with van der Waals surface area (Å²) in [6.07, 6.45) is 1.79. The van der Waals surface area contributed by atoms with Gasteiger partial charge >= 0.3 is 5.97 Å². The van der Waals surface area contributed by atoms with Crippen LogP contribution in [0.1, 0.15) is 35.9 Å². The van der Waals surface area contributed by atoms with Crippen molar-refractivity contribution in [3.05, 3.63) is 113 Å². The maximum absolute atomic E-state index is 13.8. The maximum Gasteiger partial charge on any atom is 0.338 e. The Hall–Kier alpha value is -3.95. The molecule has 194 valence electrons. The van der Waals surface area contributed by atoms with Gasteiger partial charge in [0.15, 0.2) is 16.3 Å². The lowest BCUT2D eigenvalue weighted by molar-refractivity contribution is -0.139. The molecule has 9 heteroatoms. The Kier molecular flexibility index (Phi) is 7.57. The minimum Gasteiger partial charge on any atom is -0.493 e. The average molecular weight is 547 g/mol. The second kappa shape index (κ2) is 11.2. The van der Waals surface area contributed by atoms with E-state index in [4.69, 9.17) is 14.2 Å². The summed E-state index contributed by atoms with van der Waals surface area (Å²) < 4.78 is 19.1. The van der Waals surface area contributed by atoms with Crippen molar-refractivity contribution in [1.82, 2.24) is 4.57 Å². The largest absolute Gasteiger partial charge is 0.493 e. The van der Waals surface area contributed by atoms with E-state index in [0.717, 1.165) is 10.4 Å². The van der Waals surface area contributed by atoms with Crippen LogP contribution in [0, 0.1) is 0 Å². The summed E-state index contributed by atoms with van der Waals surface area (Å²) in [5.74, 6) is 0.646. The fourth-order valence-electron chi connectivity index (χ4n) is 4.34. The summed E-state index contributed by atoms with van der Waals surface area (Å²) in [6.45, 7) is 4.12. The summed E-state index contributed by atoms with van der Waals surface area (Å²) in [5, 5.41) is 1.93. The molecular formula is C29H26N2O5S2. The summed E-state index contributed by atoms with van der Waals surface area (Å²) >= 11 is 2.76. The molecule has 2 aromatic heterocycles. The van der Waals surface area contributed by atoms with E-state index in [9.17, 15) is 9.59 Å². The van der Waals surface area contributed by atoms with Crippen molar-refractivity contribution in [1.29, 1.82) is 0 Å². The normalized spacial score (nSPS) is 15.1. The van der Waals surface area contributed by atoms with Crippen molar-refractivity contribution in [2.45, 2.75) is 26.5 Å². The van der Waals surface area contributed by atoms with E-state index in [-0.39, 0.29) is 12.2 Å². The molecule has 0 saturated carbocycles. The monoisotopic (exact) mass is 546 g/mol. The Morgan fingerprint density at radius 1 is 1.11 bits per heavy atom. The highest BCUT2D eigenvalue weighted by Gasteiger charge is 2.33. The van der Waals surface area contributed by atoms with Crippen LogP contribution in [0.4, 0.5) is 0 Å². The number of hydrogen-bond acceptors (Lipinski definition) is 8. The number of carbonyl (C=O) groups is 1. The van der Waals surface area contributed by atoms with Crippen molar-refractivity contribution in [2.75, 3.05) is 13.7 Å². The molecule has 0 spiro atoms. The van der Waals surface area contributed by atoms with Gasteiger partial charge in [-0.15, -0.1) is 11.3 Å². The number of ether oxygens (including phenoxy) is 3. The number of thiazole rings is 1. The standard InChI is InChI=1S/C29H26N2O5S2/c1-4-35-28(33)24-18(2)30-29-31(25(24)22-14-9-15-37-22)27(32)23(38-29)16-20-12-8-13-21(34-3)26(20)36-17-19-10-6-5-7-11-19/h5-16,25H,4,17H2,1-3H3/b23-16-/t25-/m1/s1. The fourth-order valence-corrected chi connectivity index (χ4v) is 6.20. The van der Waals surface area contributed by atoms with Crippen LogP contribution < -0.4 is 24.4 Å². The number of thiophene rings is 1. The number of carbonyl (C=O) groups excluding carboxylic acids is 1. The minimum absolute atomic E-state index is 0.235. The predicted octanol–water partition coefficient (Wildman–Crippen LogP) is 4.45. The zero-order valence-electron chi connectivity index (χ0n) is 21.2. The first-order chi connectivity index (χ1) is 18.5. The van der Waals surface area contributed by atoms with Gasteiger partial charge in [0, 0.05) is 10.4 Å². The van der Waals surface area contributed by atoms with Gasteiger partial charge in [0.25, 0.3) is 5.56 Å². The SMILES string of the molecule is CCOC(=O)C1=C(C)N=c2s/c(=C\c3cccc(OC)c3OCc3ccccc3)c(=O)n2[C@@H]1c1cccs1. The van der Waals surface area contributed by atoms with Crippen LogP contribution in [-0.4, -0.2) is 24.3 Å². The molecule has 1 atom stereocenters. The van der Waals surface area contributed by atoms with Crippen molar-refractivity contribution in [2.24, 2.45) is 4.99 Å². The first-order valence-electron chi connectivity index (χ1n) is 12.1. The van der Waals surface area contributed by atoms with E-state index in [2.05, 4.69) is 4.99 Å². The number of allylic oxidation sites excluding steroid dienone is 1. The highest BCUT2D eigenvalue weighted by atomic mass is 32.1. The molecule has 0 N–H and O–H groups in total. The Balaban J connectivity index is 1.63. The number of fused-ring (bicyclic) bond motifs is 1. The van der Waals surface area contributed by atoms with Gasteiger partial charge in [-0.05, 0) is 43.0 Å². The quantitative estimate of drug-likeness (QED) is 0.305. The third-order valence-corrected chi connectivity index (χ3v) is 7.98.